The third kappa shape index (κ3) is 2.28. The van der Waals surface area contributed by atoms with Crippen molar-refractivity contribution in [1.82, 2.24) is 5.16 Å². The van der Waals surface area contributed by atoms with Crippen molar-refractivity contribution >= 4 is 11.0 Å². The average molecular weight is 292 g/mol. The van der Waals surface area contributed by atoms with Crippen LogP contribution >= 0.6 is 0 Å². The number of aromatic nitrogens is 1. The molecule has 1 fully saturated rings. The molecular formula is C15H18ClN3O. The number of piperidine rings is 1. The summed E-state index contributed by atoms with van der Waals surface area (Å²) in [5.74, 6) is 0.582. The van der Waals surface area contributed by atoms with Crippen molar-refractivity contribution in [2.24, 2.45) is 5.92 Å². The fraction of sp³-hybridized carbons (Fsp3) is 0.467. The highest BCUT2D eigenvalue weighted by molar-refractivity contribution is 5.79. The van der Waals surface area contributed by atoms with E-state index in [1.54, 1.807) is 0 Å². The van der Waals surface area contributed by atoms with Crippen LogP contribution in [0.15, 0.2) is 28.8 Å². The number of hydrogen-bond donors (Lipinski definition) is 0. The SMILES string of the molecule is CC1CCC(c2noc3ccccc23)[N+](C)(C#N)C1.[Cl-]. The molecule has 2 aromatic rings. The van der Waals surface area contributed by atoms with E-state index in [-0.39, 0.29) is 18.4 Å². The normalized spacial score (nSPS) is 29.6. The highest BCUT2D eigenvalue weighted by Crippen LogP contribution is 2.39. The second kappa shape index (κ2) is 5.43. The second-order valence-corrected chi connectivity index (χ2v) is 5.81. The smallest absolute Gasteiger partial charge is 0.308 e. The summed E-state index contributed by atoms with van der Waals surface area (Å²) < 4.78 is 5.78. The summed E-state index contributed by atoms with van der Waals surface area (Å²) in [6.45, 7) is 3.09. The molecule has 0 bridgehead atoms. The van der Waals surface area contributed by atoms with Crippen LogP contribution < -0.4 is 12.4 Å². The molecule has 1 aliphatic heterocycles. The molecular weight excluding hydrogens is 274 g/mol. The summed E-state index contributed by atoms with van der Waals surface area (Å²) >= 11 is 0. The third-order valence-corrected chi connectivity index (χ3v) is 4.26. The van der Waals surface area contributed by atoms with Gasteiger partial charge in [-0.1, -0.05) is 24.2 Å². The van der Waals surface area contributed by atoms with Gasteiger partial charge >= 0.3 is 6.19 Å². The van der Waals surface area contributed by atoms with Crippen molar-refractivity contribution in [1.29, 1.82) is 5.26 Å². The molecule has 3 unspecified atom stereocenters. The van der Waals surface area contributed by atoms with Gasteiger partial charge in [0.1, 0.15) is 11.7 Å². The summed E-state index contributed by atoms with van der Waals surface area (Å²) in [5.41, 5.74) is 1.74. The number of quaternary nitrogens is 1. The van der Waals surface area contributed by atoms with Crippen LogP contribution in [0.3, 0.4) is 0 Å². The van der Waals surface area contributed by atoms with Crippen molar-refractivity contribution in [3.8, 4) is 6.19 Å². The van der Waals surface area contributed by atoms with Gasteiger partial charge in [-0.15, -0.1) is 5.26 Å². The van der Waals surface area contributed by atoms with Crippen molar-refractivity contribution in [3.05, 3.63) is 30.0 Å². The number of nitriles is 1. The molecule has 1 aromatic heterocycles. The number of rotatable bonds is 1. The molecule has 106 valence electrons. The van der Waals surface area contributed by atoms with Crippen LogP contribution in [0.1, 0.15) is 31.5 Å². The first-order valence-electron chi connectivity index (χ1n) is 6.75. The van der Waals surface area contributed by atoms with E-state index in [1.165, 1.54) is 0 Å². The maximum Gasteiger partial charge on any atom is 0.308 e. The van der Waals surface area contributed by atoms with Gasteiger partial charge in [-0.25, -0.2) is 4.48 Å². The first kappa shape index (κ1) is 14.8. The molecule has 3 atom stereocenters. The Bertz CT molecular complexity index is 648. The average Bonchev–Trinajstić information content (AvgIpc) is 2.83. The van der Waals surface area contributed by atoms with Gasteiger partial charge in [0.2, 0.25) is 0 Å². The number of likely N-dealkylation sites (tertiary alicyclic amines) is 1. The Morgan fingerprint density at radius 3 is 2.85 bits per heavy atom. The van der Waals surface area contributed by atoms with Crippen LogP contribution in [0.2, 0.25) is 0 Å². The highest BCUT2D eigenvalue weighted by atomic mass is 35.5. The molecule has 2 heterocycles. The lowest BCUT2D eigenvalue weighted by Crippen LogP contribution is -3.00. The number of nitrogens with zero attached hydrogens (tertiary/aromatic N) is 3. The van der Waals surface area contributed by atoms with Crippen molar-refractivity contribution in [2.45, 2.75) is 25.8 Å². The molecule has 1 aliphatic rings. The Labute approximate surface area is 125 Å². The lowest BCUT2D eigenvalue weighted by atomic mass is 9.89. The first-order chi connectivity index (χ1) is 9.14. The fourth-order valence-corrected chi connectivity index (χ4v) is 3.26. The molecule has 3 rings (SSSR count). The van der Waals surface area contributed by atoms with Crippen molar-refractivity contribution in [2.75, 3.05) is 13.6 Å². The summed E-state index contributed by atoms with van der Waals surface area (Å²) in [6, 6.07) is 8.00. The monoisotopic (exact) mass is 291 g/mol. The van der Waals surface area contributed by atoms with Gasteiger partial charge in [0, 0.05) is 12.3 Å². The summed E-state index contributed by atoms with van der Waals surface area (Å²) in [4.78, 5) is 0. The minimum Gasteiger partial charge on any atom is -1.00 e. The van der Waals surface area contributed by atoms with Gasteiger partial charge in [-0.3, -0.25) is 0 Å². The Hall–Kier alpha value is -1.57. The van der Waals surface area contributed by atoms with Crippen LogP contribution in [0.5, 0.6) is 0 Å². The molecule has 4 nitrogen and oxygen atoms in total. The second-order valence-electron chi connectivity index (χ2n) is 5.81. The summed E-state index contributed by atoms with van der Waals surface area (Å²) in [7, 11) is 2.00. The van der Waals surface area contributed by atoms with Gasteiger partial charge < -0.3 is 16.9 Å². The molecule has 0 saturated carbocycles. The van der Waals surface area contributed by atoms with Crippen LogP contribution in [-0.2, 0) is 0 Å². The van der Waals surface area contributed by atoms with E-state index in [1.807, 2.05) is 31.3 Å². The van der Waals surface area contributed by atoms with Crippen LogP contribution in [0, 0.1) is 17.4 Å². The van der Waals surface area contributed by atoms with Gasteiger partial charge in [-0.05, 0) is 18.6 Å². The van der Waals surface area contributed by atoms with Crippen LogP contribution in [0.4, 0.5) is 0 Å². The fourth-order valence-electron chi connectivity index (χ4n) is 3.26. The van der Waals surface area contributed by atoms with Crippen LogP contribution in [-0.4, -0.2) is 23.2 Å². The van der Waals surface area contributed by atoms with Crippen molar-refractivity contribution < 1.29 is 21.4 Å². The maximum absolute atomic E-state index is 9.57. The predicted molar refractivity (Wildman–Crippen MR) is 71.8 cm³/mol. The van der Waals surface area contributed by atoms with Gasteiger partial charge in [0.15, 0.2) is 5.58 Å². The number of fused-ring (bicyclic) bond motifs is 1. The van der Waals surface area contributed by atoms with Gasteiger partial charge in [0.25, 0.3) is 0 Å². The van der Waals surface area contributed by atoms with Crippen LogP contribution in [0.25, 0.3) is 11.0 Å². The van der Waals surface area contributed by atoms with E-state index < -0.39 is 0 Å². The summed E-state index contributed by atoms with van der Waals surface area (Å²) in [5, 5.41) is 14.9. The lowest BCUT2D eigenvalue weighted by molar-refractivity contribution is -0.887. The minimum atomic E-state index is 0. The molecule has 1 aromatic carbocycles. The molecule has 20 heavy (non-hydrogen) atoms. The Balaban J connectivity index is 0.00000147. The summed E-state index contributed by atoms with van der Waals surface area (Å²) in [6.07, 6.45) is 4.60. The quantitative estimate of drug-likeness (QED) is 0.558. The standard InChI is InChI=1S/C15H18N3O.ClH/c1-11-7-8-13(18(2,9-11)10-16)15-12-5-3-4-6-14(12)19-17-15;/h3-6,11,13H,7-9H2,1-2H3;1H/q+1;/p-1. The maximum atomic E-state index is 9.57. The molecule has 5 heteroatoms. The minimum absolute atomic E-state index is 0. The van der Waals surface area contributed by atoms with E-state index in [2.05, 4.69) is 18.3 Å². The Kier molecular flexibility index (Phi) is 4.03. The van der Waals surface area contributed by atoms with E-state index in [0.717, 1.165) is 36.0 Å². The lowest BCUT2D eigenvalue weighted by Gasteiger charge is -2.39. The van der Waals surface area contributed by atoms with Gasteiger partial charge in [0.05, 0.1) is 19.0 Å². The number of hydrogen-bond acceptors (Lipinski definition) is 3. The highest BCUT2D eigenvalue weighted by Gasteiger charge is 2.42. The van der Waals surface area contributed by atoms with E-state index in [9.17, 15) is 5.26 Å². The van der Waals surface area contributed by atoms with Crippen molar-refractivity contribution in [3.63, 3.8) is 0 Å². The Morgan fingerprint density at radius 1 is 1.35 bits per heavy atom. The topological polar surface area (TPSA) is 49.8 Å². The van der Waals surface area contributed by atoms with E-state index in [0.29, 0.717) is 10.4 Å². The molecule has 0 N–H and O–H groups in total. The van der Waals surface area contributed by atoms with E-state index >= 15 is 0 Å². The number of benzene rings is 1. The zero-order chi connectivity index (χ0) is 13.5. The predicted octanol–water partition coefficient (Wildman–Crippen LogP) is 0.230. The Morgan fingerprint density at radius 2 is 2.10 bits per heavy atom. The zero-order valence-corrected chi connectivity index (χ0v) is 12.5. The molecule has 0 radical (unpaired) electrons. The zero-order valence-electron chi connectivity index (χ0n) is 11.7. The third-order valence-electron chi connectivity index (χ3n) is 4.26. The van der Waals surface area contributed by atoms with Gasteiger partial charge in [-0.2, -0.15) is 0 Å². The largest absolute Gasteiger partial charge is 1.00 e. The molecule has 0 amide bonds. The number of halogens is 1. The molecule has 1 saturated heterocycles. The first-order valence-corrected chi connectivity index (χ1v) is 6.75. The number of para-hydroxylation sites is 1. The molecule has 0 aliphatic carbocycles. The van der Waals surface area contributed by atoms with E-state index in [4.69, 9.17) is 4.52 Å². The molecule has 0 spiro atoms.